The van der Waals surface area contributed by atoms with Crippen molar-refractivity contribution in [1.82, 2.24) is 15.2 Å². The molecular formula is C13H18FN5. The molecule has 1 heterocycles. The lowest BCUT2D eigenvalue weighted by Gasteiger charge is -2.19. The molecule has 2 rings (SSSR count). The monoisotopic (exact) mass is 263 g/mol. The van der Waals surface area contributed by atoms with E-state index in [1.54, 1.807) is 13.2 Å². The van der Waals surface area contributed by atoms with Crippen molar-refractivity contribution < 1.29 is 4.39 Å². The molecular weight excluding hydrogens is 245 g/mol. The largest absolute Gasteiger partial charge is 0.384 e. The van der Waals surface area contributed by atoms with Crippen LogP contribution in [0, 0.1) is 19.7 Å². The number of hydrazine groups is 1. The van der Waals surface area contributed by atoms with Crippen LogP contribution in [0.1, 0.15) is 28.3 Å². The number of aryl methyl sites for hydroxylation is 3. The first-order valence-electron chi connectivity index (χ1n) is 5.95. The van der Waals surface area contributed by atoms with Crippen LogP contribution in [0.3, 0.4) is 0 Å². The summed E-state index contributed by atoms with van der Waals surface area (Å²) in [6.45, 7) is 3.70. The Balaban J connectivity index is 2.58. The minimum absolute atomic E-state index is 0.302. The van der Waals surface area contributed by atoms with Crippen LogP contribution in [-0.4, -0.2) is 9.78 Å². The first-order valence-corrected chi connectivity index (χ1v) is 5.95. The molecule has 2 aromatic rings. The van der Waals surface area contributed by atoms with E-state index in [0.717, 1.165) is 11.1 Å². The summed E-state index contributed by atoms with van der Waals surface area (Å²) in [5, 5.41) is 4.06. The van der Waals surface area contributed by atoms with Gasteiger partial charge in [-0.15, -0.1) is 0 Å². The van der Waals surface area contributed by atoms with Gasteiger partial charge < -0.3 is 5.73 Å². The van der Waals surface area contributed by atoms with Crippen LogP contribution < -0.4 is 17.0 Å². The fourth-order valence-corrected chi connectivity index (χ4v) is 2.31. The summed E-state index contributed by atoms with van der Waals surface area (Å²) in [6, 6.07) is 2.88. The number of halogens is 1. The molecule has 0 bridgehead atoms. The second-order valence-corrected chi connectivity index (χ2v) is 4.69. The van der Waals surface area contributed by atoms with Gasteiger partial charge in [-0.2, -0.15) is 5.10 Å². The van der Waals surface area contributed by atoms with Crippen molar-refractivity contribution in [2.45, 2.75) is 19.9 Å². The number of nitrogens with zero attached hydrogens (tertiary/aromatic N) is 2. The maximum absolute atomic E-state index is 14.2. The van der Waals surface area contributed by atoms with E-state index < -0.39 is 6.04 Å². The molecule has 0 radical (unpaired) electrons. The molecule has 102 valence electrons. The smallest absolute Gasteiger partial charge is 0.128 e. The highest BCUT2D eigenvalue weighted by Gasteiger charge is 2.23. The van der Waals surface area contributed by atoms with Crippen molar-refractivity contribution in [3.63, 3.8) is 0 Å². The maximum atomic E-state index is 14.2. The Hall–Kier alpha value is -1.92. The fraction of sp³-hybridized carbons (Fsp3) is 0.308. The molecule has 0 spiro atoms. The van der Waals surface area contributed by atoms with Crippen molar-refractivity contribution in [3.8, 4) is 0 Å². The van der Waals surface area contributed by atoms with Crippen LogP contribution in [0.15, 0.2) is 18.3 Å². The molecule has 0 saturated carbocycles. The second kappa shape index (κ2) is 4.99. The topological polar surface area (TPSA) is 81.9 Å². The number of rotatable bonds is 3. The second-order valence-electron chi connectivity index (χ2n) is 4.69. The molecule has 1 atom stereocenters. The van der Waals surface area contributed by atoms with Gasteiger partial charge in [0.05, 0.1) is 12.2 Å². The Morgan fingerprint density at radius 3 is 2.53 bits per heavy atom. The lowest BCUT2D eigenvalue weighted by Crippen LogP contribution is -2.30. The van der Waals surface area contributed by atoms with E-state index in [1.165, 1.54) is 10.7 Å². The highest BCUT2D eigenvalue weighted by molar-refractivity contribution is 5.48. The van der Waals surface area contributed by atoms with Gasteiger partial charge in [0.1, 0.15) is 11.6 Å². The number of aromatic nitrogens is 2. The summed E-state index contributed by atoms with van der Waals surface area (Å²) in [7, 11) is 1.73. The zero-order valence-corrected chi connectivity index (χ0v) is 11.2. The van der Waals surface area contributed by atoms with E-state index in [0.29, 0.717) is 16.9 Å². The number of benzene rings is 1. The van der Waals surface area contributed by atoms with Crippen LogP contribution in [-0.2, 0) is 7.05 Å². The molecule has 0 aliphatic carbocycles. The molecule has 5 N–H and O–H groups in total. The summed E-state index contributed by atoms with van der Waals surface area (Å²) in [6.07, 6.45) is 1.60. The van der Waals surface area contributed by atoms with Gasteiger partial charge in [-0.05, 0) is 31.0 Å². The average Bonchev–Trinajstić information content (AvgIpc) is 2.65. The van der Waals surface area contributed by atoms with Gasteiger partial charge in [-0.1, -0.05) is 6.07 Å². The summed E-state index contributed by atoms with van der Waals surface area (Å²) >= 11 is 0. The van der Waals surface area contributed by atoms with E-state index in [2.05, 4.69) is 10.5 Å². The van der Waals surface area contributed by atoms with Crippen molar-refractivity contribution in [1.29, 1.82) is 0 Å². The van der Waals surface area contributed by atoms with Crippen LogP contribution in [0.25, 0.3) is 0 Å². The molecule has 1 aromatic heterocycles. The van der Waals surface area contributed by atoms with Crippen molar-refractivity contribution in [3.05, 3.63) is 46.4 Å². The minimum atomic E-state index is -0.519. The molecule has 1 aromatic carbocycles. The molecule has 19 heavy (non-hydrogen) atoms. The summed E-state index contributed by atoms with van der Waals surface area (Å²) in [5.41, 5.74) is 11.4. The lowest BCUT2D eigenvalue weighted by atomic mass is 9.95. The van der Waals surface area contributed by atoms with E-state index >= 15 is 0 Å². The molecule has 0 amide bonds. The lowest BCUT2D eigenvalue weighted by molar-refractivity contribution is 0.557. The van der Waals surface area contributed by atoms with Gasteiger partial charge in [0, 0.05) is 18.2 Å². The van der Waals surface area contributed by atoms with E-state index in [9.17, 15) is 4.39 Å². The summed E-state index contributed by atoms with van der Waals surface area (Å²) < 4.78 is 15.7. The van der Waals surface area contributed by atoms with Crippen molar-refractivity contribution >= 4 is 5.82 Å². The number of hydrogen-bond donors (Lipinski definition) is 3. The quantitative estimate of drug-likeness (QED) is 0.576. The highest BCUT2D eigenvalue weighted by Crippen LogP contribution is 2.30. The minimum Gasteiger partial charge on any atom is -0.384 e. The first kappa shape index (κ1) is 13.5. The fourth-order valence-electron chi connectivity index (χ4n) is 2.31. The van der Waals surface area contributed by atoms with Gasteiger partial charge in [0.25, 0.3) is 0 Å². The highest BCUT2D eigenvalue weighted by atomic mass is 19.1. The van der Waals surface area contributed by atoms with E-state index in [1.807, 2.05) is 19.9 Å². The molecule has 0 fully saturated rings. The molecule has 0 saturated heterocycles. The Bertz CT molecular complexity index is 582. The van der Waals surface area contributed by atoms with Crippen LogP contribution in [0.5, 0.6) is 0 Å². The van der Waals surface area contributed by atoms with Crippen molar-refractivity contribution in [2.75, 3.05) is 5.73 Å². The van der Waals surface area contributed by atoms with Gasteiger partial charge in [-0.25, -0.2) is 9.82 Å². The van der Waals surface area contributed by atoms with Gasteiger partial charge in [-0.3, -0.25) is 10.5 Å². The first-order chi connectivity index (χ1) is 8.95. The third-order valence-electron chi connectivity index (χ3n) is 3.26. The zero-order valence-electron chi connectivity index (χ0n) is 11.2. The van der Waals surface area contributed by atoms with Crippen LogP contribution in [0.2, 0.25) is 0 Å². The third kappa shape index (κ3) is 2.32. The zero-order chi connectivity index (χ0) is 14.2. The predicted octanol–water partition coefficient (Wildman–Crippen LogP) is 1.31. The van der Waals surface area contributed by atoms with Crippen molar-refractivity contribution in [2.24, 2.45) is 12.9 Å². The number of nitrogen functional groups attached to an aromatic ring is 1. The number of hydrogen-bond acceptors (Lipinski definition) is 4. The molecule has 5 nitrogen and oxygen atoms in total. The Morgan fingerprint density at radius 2 is 2.05 bits per heavy atom. The Morgan fingerprint density at radius 1 is 1.37 bits per heavy atom. The third-order valence-corrected chi connectivity index (χ3v) is 3.26. The van der Waals surface area contributed by atoms with Crippen LogP contribution in [0.4, 0.5) is 10.2 Å². The molecule has 0 aliphatic heterocycles. The average molecular weight is 263 g/mol. The normalized spacial score (nSPS) is 12.7. The van der Waals surface area contributed by atoms with E-state index in [-0.39, 0.29) is 5.82 Å². The summed E-state index contributed by atoms with van der Waals surface area (Å²) in [5.74, 6) is 5.74. The Labute approximate surface area is 111 Å². The summed E-state index contributed by atoms with van der Waals surface area (Å²) in [4.78, 5) is 0. The predicted molar refractivity (Wildman–Crippen MR) is 72.7 cm³/mol. The Kier molecular flexibility index (Phi) is 3.55. The molecule has 1 unspecified atom stereocenters. The molecule has 6 heteroatoms. The number of anilines is 1. The van der Waals surface area contributed by atoms with Crippen LogP contribution >= 0.6 is 0 Å². The maximum Gasteiger partial charge on any atom is 0.128 e. The standard InChI is InChI=1S/C13H18FN5/c1-7-4-8(2)11(10(14)5-7)12(18-16)9-6-17-19(3)13(9)15/h4-6,12,18H,15-16H2,1-3H3. The van der Waals surface area contributed by atoms with Gasteiger partial charge in [0.15, 0.2) is 0 Å². The number of nitrogens with one attached hydrogen (secondary N) is 1. The number of nitrogens with two attached hydrogens (primary N) is 2. The molecule has 0 aliphatic rings. The van der Waals surface area contributed by atoms with Gasteiger partial charge in [0.2, 0.25) is 0 Å². The van der Waals surface area contributed by atoms with E-state index in [4.69, 9.17) is 11.6 Å². The SMILES string of the molecule is Cc1cc(C)c(C(NN)c2cnn(C)c2N)c(F)c1. The van der Waals surface area contributed by atoms with Gasteiger partial charge >= 0.3 is 0 Å².